The van der Waals surface area contributed by atoms with E-state index < -0.39 is 0 Å². The molecule has 2 aromatic heterocycles. The van der Waals surface area contributed by atoms with Crippen molar-refractivity contribution in [2.45, 2.75) is 25.8 Å². The number of nitrogens with one attached hydrogen (secondary N) is 1. The van der Waals surface area contributed by atoms with Crippen LogP contribution >= 0.6 is 0 Å². The summed E-state index contributed by atoms with van der Waals surface area (Å²) in [5, 5.41) is 8.40. The molecule has 1 unspecified atom stereocenters. The summed E-state index contributed by atoms with van der Waals surface area (Å²) >= 11 is 0. The highest BCUT2D eigenvalue weighted by Crippen LogP contribution is 2.25. The topological polar surface area (TPSA) is 48.7 Å². The third-order valence-corrected chi connectivity index (χ3v) is 4.80. The molecule has 4 rings (SSSR count). The van der Waals surface area contributed by atoms with Gasteiger partial charge in [-0.2, -0.15) is 9.61 Å². The van der Waals surface area contributed by atoms with Gasteiger partial charge in [-0.3, -0.25) is 0 Å². The second-order valence-corrected chi connectivity index (χ2v) is 6.53. The molecule has 2 aromatic rings. The third-order valence-electron chi connectivity index (χ3n) is 4.80. The number of aryl methyl sites for hydroxylation is 1. The lowest BCUT2D eigenvalue weighted by Gasteiger charge is -2.34. The Hall–Kier alpha value is -1.66. The number of piperazine rings is 1. The zero-order valence-electron chi connectivity index (χ0n) is 13.4. The Kier molecular flexibility index (Phi) is 3.50. The van der Waals surface area contributed by atoms with Crippen molar-refractivity contribution in [3.05, 3.63) is 23.5 Å². The second-order valence-electron chi connectivity index (χ2n) is 6.53. The molecule has 0 saturated carbocycles. The van der Waals surface area contributed by atoms with E-state index in [-0.39, 0.29) is 0 Å². The summed E-state index contributed by atoms with van der Waals surface area (Å²) in [6.07, 6.45) is 2.41. The zero-order valence-corrected chi connectivity index (χ0v) is 13.4. The Bertz CT molecular complexity index is 665. The zero-order chi connectivity index (χ0) is 15.1. The molecule has 0 spiro atoms. The summed E-state index contributed by atoms with van der Waals surface area (Å²) in [5.41, 5.74) is 3.16. The van der Waals surface area contributed by atoms with Crippen molar-refractivity contribution in [3.8, 4) is 0 Å². The standard InChI is InChI=1S/C16H24N6/c1-12-10-16(21-8-6-20(2)7-9-21)22-15(18-12)11-14(19-22)13-4-3-5-17-13/h10-11,13,17H,3-9H2,1-2H3. The number of rotatable bonds is 2. The number of fused-ring (bicyclic) bond motifs is 1. The van der Waals surface area contributed by atoms with Gasteiger partial charge in [0, 0.05) is 44.0 Å². The summed E-state index contributed by atoms with van der Waals surface area (Å²) in [5.74, 6) is 1.18. The van der Waals surface area contributed by atoms with Crippen molar-refractivity contribution in [2.24, 2.45) is 0 Å². The predicted molar refractivity (Wildman–Crippen MR) is 87.4 cm³/mol. The van der Waals surface area contributed by atoms with Gasteiger partial charge < -0.3 is 15.1 Å². The summed E-state index contributed by atoms with van der Waals surface area (Å²) in [6.45, 7) is 7.45. The lowest BCUT2D eigenvalue weighted by atomic mass is 10.2. The van der Waals surface area contributed by atoms with Gasteiger partial charge in [0.15, 0.2) is 5.65 Å². The van der Waals surface area contributed by atoms with E-state index in [1.807, 2.05) is 4.52 Å². The Morgan fingerprint density at radius 1 is 1.18 bits per heavy atom. The molecular formula is C16H24N6. The van der Waals surface area contributed by atoms with E-state index in [1.54, 1.807) is 0 Å². The Labute approximate surface area is 131 Å². The average Bonchev–Trinajstić information content (AvgIpc) is 3.15. The van der Waals surface area contributed by atoms with Crippen LogP contribution in [0.4, 0.5) is 5.82 Å². The SMILES string of the molecule is Cc1cc(N2CCN(C)CC2)n2nc(C3CCCN3)cc2n1. The molecule has 0 amide bonds. The maximum atomic E-state index is 4.87. The quantitative estimate of drug-likeness (QED) is 0.903. The minimum absolute atomic E-state index is 0.391. The minimum Gasteiger partial charge on any atom is -0.354 e. The number of hydrogen-bond acceptors (Lipinski definition) is 5. The second kappa shape index (κ2) is 5.52. The van der Waals surface area contributed by atoms with E-state index in [1.165, 1.54) is 18.7 Å². The van der Waals surface area contributed by atoms with Crippen LogP contribution in [0.25, 0.3) is 5.65 Å². The summed E-state index contributed by atoms with van der Waals surface area (Å²) < 4.78 is 2.04. The van der Waals surface area contributed by atoms with Crippen molar-refractivity contribution in [3.63, 3.8) is 0 Å². The molecule has 6 nitrogen and oxygen atoms in total. The fourth-order valence-electron chi connectivity index (χ4n) is 3.47. The number of hydrogen-bond donors (Lipinski definition) is 1. The van der Waals surface area contributed by atoms with Crippen LogP contribution in [0.2, 0.25) is 0 Å². The Morgan fingerprint density at radius 3 is 2.73 bits per heavy atom. The molecule has 0 aromatic carbocycles. The molecule has 6 heteroatoms. The largest absolute Gasteiger partial charge is 0.354 e. The highest BCUT2D eigenvalue weighted by molar-refractivity contribution is 5.52. The lowest BCUT2D eigenvalue weighted by molar-refractivity contribution is 0.311. The van der Waals surface area contributed by atoms with Crippen molar-refractivity contribution in [1.82, 2.24) is 24.8 Å². The molecule has 1 atom stereocenters. The van der Waals surface area contributed by atoms with Gasteiger partial charge in [0.25, 0.3) is 0 Å². The van der Waals surface area contributed by atoms with Crippen LogP contribution in [0.5, 0.6) is 0 Å². The molecule has 0 radical (unpaired) electrons. The maximum absolute atomic E-state index is 4.87. The minimum atomic E-state index is 0.391. The van der Waals surface area contributed by atoms with Crippen molar-refractivity contribution >= 4 is 11.5 Å². The van der Waals surface area contributed by atoms with Gasteiger partial charge in [-0.05, 0) is 33.4 Å². The van der Waals surface area contributed by atoms with E-state index >= 15 is 0 Å². The summed E-state index contributed by atoms with van der Waals surface area (Å²) in [7, 11) is 2.18. The molecule has 0 aliphatic carbocycles. The smallest absolute Gasteiger partial charge is 0.157 e. The molecule has 2 saturated heterocycles. The first-order chi connectivity index (χ1) is 10.7. The molecule has 22 heavy (non-hydrogen) atoms. The summed E-state index contributed by atoms with van der Waals surface area (Å²) in [4.78, 5) is 9.48. The highest BCUT2D eigenvalue weighted by Gasteiger charge is 2.22. The molecule has 1 N–H and O–H groups in total. The van der Waals surface area contributed by atoms with Crippen LogP contribution in [-0.4, -0.2) is 59.3 Å². The maximum Gasteiger partial charge on any atom is 0.157 e. The van der Waals surface area contributed by atoms with E-state index in [2.05, 4.69) is 46.2 Å². The van der Waals surface area contributed by atoms with Crippen LogP contribution in [0.3, 0.4) is 0 Å². The van der Waals surface area contributed by atoms with Gasteiger partial charge in [0.05, 0.1) is 11.7 Å². The molecule has 2 aliphatic rings. The van der Waals surface area contributed by atoms with Crippen LogP contribution < -0.4 is 10.2 Å². The molecule has 2 fully saturated rings. The van der Waals surface area contributed by atoms with Crippen molar-refractivity contribution in [2.75, 3.05) is 44.7 Å². The fraction of sp³-hybridized carbons (Fsp3) is 0.625. The van der Waals surface area contributed by atoms with Gasteiger partial charge in [-0.25, -0.2) is 4.98 Å². The van der Waals surface area contributed by atoms with E-state index in [4.69, 9.17) is 5.10 Å². The normalized spacial score (nSPS) is 23.5. The molecule has 0 bridgehead atoms. The Balaban J connectivity index is 1.73. The summed E-state index contributed by atoms with van der Waals surface area (Å²) in [6, 6.07) is 4.70. The van der Waals surface area contributed by atoms with Gasteiger partial charge in [-0.1, -0.05) is 0 Å². The fourth-order valence-corrected chi connectivity index (χ4v) is 3.47. The first kappa shape index (κ1) is 14.0. The predicted octanol–water partition coefficient (Wildman–Crippen LogP) is 1.21. The monoisotopic (exact) mass is 300 g/mol. The van der Waals surface area contributed by atoms with Gasteiger partial charge >= 0.3 is 0 Å². The van der Waals surface area contributed by atoms with Crippen molar-refractivity contribution in [1.29, 1.82) is 0 Å². The van der Waals surface area contributed by atoms with Crippen LogP contribution in [0, 0.1) is 6.92 Å². The number of anilines is 1. The van der Waals surface area contributed by atoms with Gasteiger partial charge in [-0.15, -0.1) is 0 Å². The lowest BCUT2D eigenvalue weighted by Crippen LogP contribution is -2.45. The van der Waals surface area contributed by atoms with E-state index in [0.29, 0.717) is 6.04 Å². The average molecular weight is 300 g/mol. The van der Waals surface area contributed by atoms with E-state index in [9.17, 15) is 0 Å². The number of likely N-dealkylation sites (N-methyl/N-ethyl adjacent to an activating group) is 1. The highest BCUT2D eigenvalue weighted by atomic mass is 15.4. The first-order valence-electron chi connectivity index (χ1n) is 8.25. The Morgan fingerprint density at radius 2 is 2.00 bits per heavy atom. The van der Waals surface area contributed by atoms with Gasteiger partial charge in [0.1, 0.15) is 5.82 Å². The van der Waals surface area contributed by atoms with Gasteiger partial charge in [0.2, 0.25) is 0 Å². The van der Waals surface area contributed by atoms with E-state index in [0.717, 1.165) is 49.8 Å². The van der Waals surface area contributed by atoms with Crippen LogP contribution in [0.15, 0.2) is 12.1 Å². The molecular weight excluding hydrogens is 276 g/mol. The van der Waals surface area contributed by atoms with Crippen LogP contribution in [-0.2, 0) is 0 Å². The molecule has 4 heterocycles. The van der Waals surface area contributed by atoms with Crippen LogP contribution in [0.1, 0.15) is 30.3 Å². The third kappa shape index (κ3) is 2.46. The first-order valence-corrected chi connectivity index (χ1v) is 8.25. The molecule has 2 aliphatic heterocycles. The van der Waals surface area contributed by atoms with Crippen molar-refractivity contribution < 1.29 is 0 Å². The molecule has 118 valence electrons. The number of nitrogens with zero attached hydrogens (tertiary/aromatic N) is 5. The number of aromatic nitrogens is 3.